The van der Waals surface area contributed by atoms with E-state index in [1.807, 2.05) is 13.0 Å². The van der Waals surface area contributed by atoms with E-state index in [0.29, 0.717) is 0 Å². The summed E-state index contributed by atoms with van der Waals surface area (Å²) in [4.78, 5) is 10.4. The van der Waals surface area contributed by atoms with Gasteiger partial charge in [-0.3, -0.25) is 4.79 Å². The maximum atomic E-state index is 10.4. The Hall–Kier alpha value is -0.370. The smallest absolute Gasteiger partial charge is 0.146 e. The van der Waals surface area contributed by atoms with Crippen LogP contribution >= 0.6 is 15.9 Å². The fourth-order valence-electron chi connectivity index (χ4n) is 1.00. The number of hydrogen-bond donors (Lipinski definition) is 0. The molecule has 0 saturated carbocycles. The molecule has 54 valence electrons. The van der Waals surface area contributed by atoms with Crippen LogP contribution < -0.4 is 0 Å². The molecule has 0 unspecified atom stereocenters. The van der Waals surface area contributed by atoms with Gasteiger partial charge in [-0.15, -0.1) is 0 Å². The van der Waals surface area contributed by atoms with Crippen LogP contribution in [0.1, 0.15) is 19.8 Å². The molecule has 0 heterocycles. The van der Waals surface area contributed by atoms with E-state index in [2.05, 4.69) is 15.9 Å². The summed E-state index contributed by atoms with van der Waals surface area (Å²) in [5.74, 6) is 0. The SMILES string of the molecule is CC1=C(C=O)CCC(Br)=C1. The minimum Gasteiger partial charge on any atom is -0.298 e. The second kappa shape index (κ2) is 3.15. The van der Waals surface area contributed by atoms with Crippen LogP contribution in [0.15, 0.2) is 21.7 Å². The highest BCUT2D eigenvalue weighted by Gasteiger charge is 2.06. The predicted octanol–water partition coefficient (Wildman–Crippen LogP) is 2.57. The van der Waals surface area contributed by atoms with Gasteiger partial charge in [0, 0.05) is 0 Å². The average molecular weight is 201 g/mol. The Balaban J connectivity index is 2.90. The fourth-order valence-corrected chi connectivity index (χ4v) is 1.54. The first-order valence-electron chi connectivity index (χ1n) is 3.25. The molecule has 0 fully saturated rings. The molecule has 2 heteroatoms. The molecule has 10 heavy (non-hydrogen) atoms. The standard InChI is InChI=1S/C8H9BrO/c1-6-4-8(9)3-2-7(6)5-10/h4-5H,2-3H2,1H3. The normalized spacial score (nSPS) is 18.8. The molecule has 0 spiro atoms. The Morgan fingerprint density at radius 2 is 2.30 bits per heavy atom. The van der Waals surface area contributed by atoms with Crippen LogP contribution in [0.5, 0.6) is 0 Å². The van der Waals surface area contributed by atoms with E-state index in [9.17, 15) is 4.79 Å². The maximum Gasteiger partial charge on any atom is 0.146 e. The minimum atomic E-state index is 0.881. The van der Waals surface area contributed by atoms with E-state index in [0.717, 1.165) is 30.3 Å². The number of carbonyl (C=O) groups is 1. The van der Waals surface area contributed by atoms with Crippen LogP contribution in [-0.2, 0) is 4.79 Å². The third-order valence-corrected chi connectivity index (χ3v) is 2.28. The highest BCUT2D eigenvalue weighted by atomic mass is 79.9. The van der Waals surface area contributed by atoms with Crippen LogP contribution in [-0.4, -0.2) is 6.29 Å². The van der Waals surface area contributed by atoms with Crippen molar-refractivity contribution in [1.29, 1.82) is 0 Å². The molecule has 0 amide bonds. The van der Waals surface area contributed by atoms with Crippen molar-refractivity contribution in [3.63, 3.8) is 0 Å². The number of hydrogen-bond acceptors (Lipinski definition) is 1. The number of allylic oxidation sites excluding steroid dienone is 4. The van der Waals surface area contributed by atoms with E-state index in [4.69, 9.17) is 0 Å². The van der Waals surface area contributed by atoms with Crippen LogP contribution in [0.4, 0.5) is 0 Å². The molecule has 0 aromatic carbocycles. The Kier molecular flexibility index (Phi) is 2.44. The monoisotopic (exact) mass is 200 g/mol. The summed E-state index contributed by atoms with van der Waals surface area (Å²) < 4.78 is 1.19. The summed E-state index contributed by atoms with van der Waals surface area (Å²) in [5.41, 5.74) is 2.02. The second-order valence-electron chi connectivity index (χ2n) is 2.42. The van der Waals surface area contributed by atoms with E-state index < -0.39 is 0 Å². The zero-order valence-electron chi connectivity index (χ0n) is 5.86. The van der Waals surface area contributed by atoms with Crippen molar-refractivity contribution < 1.29 is 4.79 Å². The van der Waals surface area contributed by atoms with Gasteiger partial charge in [0.05, 0.1) is 0 Å². The Morgan fingerprint density at radius 3 is 2.80 bits per heavy atom. The molecule has 0 bridgehead atoms. The third-order valence-electron chi connectivity index (χ3n) is 1.66. The van der Waals surface area contributed by atoms with Gasteiger partial charge in [0.2, 0.25) is 0 Å². The van der Waals surface area contributed by atoms with Crippen molar-refractivity contribution in [1.82, 2.24) is 0 Å². The van der Waals surface area contributed by atoms with Crippen LogP contribution in [0, 0.1) is 0 Å². The lowest BCUT2D eigenvalue weighted by molar-refractivity contribution is -0.105. The zero-order valence-corrected chi connectivity index (χ0v) is 7.44. The van der Waals surface area contributed by atoms with Crippen LogP contribution in [0.25, 0.3) is 0 Å². The maximum absolute atomic E-state index is 10.4. The zero-order chi connectivity index (χ0) is 7.56. The summed E-state index contributed by atoms with van der Waals surface area (Å²) in [7, 11) is 0. The molecular formula is C8H9BrO. The molecule has 1 nitrogen and oxygen atoms in total. The Labute approximate surface area is 68.9 Å². The predicted molar refractivity (Wildman–Crippen MR) is 45.0 cm³/mol. The number of carbonyl (C=O) groups excluding carboxylic acids is 1. The van der Waals surface area contributed by atoms with Crippen LogP contribution in [0.2, 0.25) is 0 Å². The molecule has 0 aromatic heterocycles. The number of aldehydes is 1. The summed E-state index contributed by atoms with van der Waals surface area (Å²) in [6.45, 7) is 1.96. The molecule has 0 atom stereocenters. The lowest BCUT2D eigenvalue weighted by Gasteiger charge is -2.09. The summed E-state index contributed by atoms with van der Waals surface area (Å²) >= 11 is 3.40. The molecule has 0 N–H and O–H groups in total. The largest absolute Gasteiger partial charge is 0.298 e. The van der Waals surface area contributed by atoms with Gasteiger partial charge in [-0.2, -0.15) is 0 Å². The van der Waals surface area contributed by atoms with E-state index in [1.165, 1.54) is 4.48 Å². The molecule has 1 rings (SSSR count). The van der Waals surface area contributed by atoms with Crippen molar-refractivity contribution >= 4 is 22.2 Å². The van der Waals surface area contributed by atoms with Crippen molar-refractivity contribution in [2.75, 3.05) is 0 Å². The van der Waals surface area contributed by atoms with Gasteiger partial charge in [0.15, 0.2) is 0 Å². The highest BCUT2D eigenvalue weighted by Crippen LogP contribution is 2.25. The lowest BCUT2D eigenvalue weighted by Crippen LogP contribution is -1.94. The highest BCUT2D eigenvalue weighted by molar-refractivity contribution is 9.11. The van der Waals surface area contributed by atoms with Gasteiger partial charge in [-0.1, -0.05) is 15.9 Å². The number of rotatable bonds is 1. The molecule has 0 aromatic rings. The molecule has 1 aliphatic rings. The van der Waals surface area contributed by atoms with Gasteiger partial charge in [-0.25, -0.2) is 0 Å². The van der Waals surface area contributed by atoms with Crippen molar-refractivity contribution in [2.45, 2.75) is 19.8 Å². The first-order chi connectivity index (χ1) is 4.74. The van der Waals surface area contributed by atoms with Crippen molar-refractivity contribution in [2.24, 2.45) is 0 Å². The molecule has 1 aliphatic carbocycles. The quantitative estimate of drug-likeness (QED) is 0.596. The topological polar surface area (TPSA) is 17.1 Å². The molecular weight excluding hydrogens is 192 g/mol. The summed E-state index contributed by atoms with van der Waals surface area (Å²) in [6, 6.07) is 0. The van der Waals surface area contributed by atoms with Gasteiger partial charge in [0.25, 0.3) is 0 Å². The van der Waals surface area contributed by atoms with Gasteiger partial charge >= 0.3 is 0 Å². The average Bonchev–Trinajstić information content (AvgIpc) is 1.88. The van der Waals surface area contributed by atoms with E-state index >= 15 is 0 Å². The van der Waals surface area contributed by atoms with Crippen molar-refractivity contribution in [3.05, 3.63) is 21.7 Å². The van der Waals surface area contributed by atoms with Gasteiger partial charge in [-0.05, 0) is 41.5 Å². The minimum absolute atomic E-state index is 0.881. The van der Waals surface area contributed by atoms with E-state index in [-0.39, 0.29) is 0 Å². The van der Waals surface area contributed by atoms with Gasteiger partial charge < -0.3 is 0 Å². The fraction of sp³-hybridized carbons (Fsp3) is 0.375. The number of halogens is 1. The molecule has 0 saturated heterocycles. The third kappa shape index (κ3) is 1.57. The first-order valence-corrected chi connectivity index (χ1v) is 4.04. The lowest BCUT2D eigenvalue weighted by atomic mass is 10.0. The van der Waals surface area contributed by atoms with Gasteiger partial charge in [0.1, 0.15) is 6.29 Å². The molecule has 0 aliphatic heterocycles. The summed E-state index contributed by atoms with van der Waals surface area (Å²) in [6.07, 6.45) is 4.80. The van der Waals surface area contributed by atoms with Crippen molar-refractivity contribution in [3.8, 4) is 0 Å². The Morgan fingerprint density at radius 1 is 1.60 bits per heavy atom. The van der Waals surface area contributed by atoms with Crippen LogP contribution in [0.3, 0.4) is 0 Å². The Bertz CT molecular complexity index is 213. The van der Waals surface area contributed by atoms with E-state index in [1.54, 1.807) is 0 Å². The second-order valence-corrected chi connectivity index (χ2v) is 3.44. The molecule has 0 radical (unpaired) electrons. The summed E-state index contributed by atoms with van der Waals surface area (Å²) in [5, 5.41) is 0. The first kappa shape index (κ1) is 7.73.